The van der Waals surface area contributed by atoms with Crippen molar-refractivity contribution in [1.82, 2.24) is 0 Å². The first-order valence-electron chi connectivity index (χ1n) is 4.13. The van der Waals surface area contributed by atoms with E-state index >= 15 is 0 Å². The van der Waals surface area contributed by atoms with Crippen molar-refractivity contribution in [3.05, 3.63) is 29.0 Å². The van der Waals surface area contributed by atoms with E-state index in [1.54, 1.807) is 12.1 Å². The molecule has 0 aliphatic rings. The molecule has 0 spiro atoms. The van der Waals surface area contributed by atoms with Crippen LogP contribution in [0.4, 0.5) is 0 Å². The van der Waals surface area contributed by atoms with Crippen LogP contribution in [-0.2, 0) is 0 Å². The Morgan fingerprint density at radius 3 is 2.87 bits per heavy atom. The molecule has 0 bridgehead atoms. The highest BCUT2D eigenvalue weighted by molar-refractivity contribution is 6.33. The van der Waals surface area contributed by atoms with Gasteiger partial charge < -0.3 is 14.3 Å². The van der Waals surface area contributed by atoms with Gasteiger partial charge in [-0.05, 0) is 12.1 Å². The molecular formula is C10H7ClO4. The third kappa shape index (κ3) is 1.53. The fourth-order valence-electron chi connectivity index (χ4n) is 1.37. The minimum absolute atomic E-state index is 0.134. The van der Waals surface area contributed by atoms with E-state index < -0.39 is 5.97 Å². The molecule has 0 radical (unpaired) electrons. The van der Waals surface area contributed by atoms with Crippen molar-refractivity contribution in [2.45, 2.75) is 0 Å². The third-order valence-corrected chi connectivity index (χ3v) is 2.32. The van der Waals surface area contributed by atoms with E-state index in [2.05, 4.69) is 0 Å². The van der Waals surface area contributed by atoms with Gasteiger partial charge in [0.05, 0.1) is 17.5 Å². The summed E-state index contributed by atoms with van der Waals surface area (Å²) < 4.78 is 10.2. The molecule has 1 aromatic carbocycles. The maximum atomic E-state index is 10.7. The number of hydrogen-bond acceptors (Lipinski definition) is 3. The van der Waals surface area contributed by atoms with Crippen molar-refractivity contribution < 1.29 is 19.1 Å². The Hall–Kier alpha value is -1.68. The summed E-state index contributed by atoms with van der Waals surface area (Å²) >= 11 is 5.88. The predicted octanol–water partition coefficient (Wildman–Crippen LogP) is 2.79. The molecule has 0 atom stereocenters. The number of furan rings is 1. The van der Waals surface area contributed by atoms with Gasteiger partial charge in [0.25, 0.3) is 0 Å². The number of carboxylic acids is 1. The summed E-state index contributed by atoms with van der Waals surface area (Å²) in [6.07, 6.45) is 0. The van der Waals surface area contributed by atoms with Gasteiger partial charge >= 0.3 is 5.97 Å². The quantitative estimate of drug-likeness (QED) is 0.855. The Bertz CT molecular complexity index is 529. The van der Waals surface area contributed by atoms with Crippen LogP contribution in [0.1, 0.15) is 10.6 Å². The molecule has 0 aliphatic heterocycles. The molecule has 0 saturated carbocycles. The van der Waals surface area contributed by atoms with E-state index in [1.807, 2.05) is 0 Å². The average molecular weight is 227 g/mol. The number of carboxylic acid groups (broad SMARTS) is 1. The van der Waals surface area contributed by atoms with Gasteiger partial charge in [-0.25, -0.2) is 4.79 Å². The molecule has 0 fully saturated rings. The number of benzene rings is 1. The lowest BCUT2D eigenvalue weighted by Crippen LogP contribution is -1.91. The summed E-state index contributed by atoms with van der Waals surface area (Å²) in [6, 6.07) is 4.59. The largest absolute Gasteiger partial charge is 0.494 e. The monoisotopic (exact) mass is 226 g/mol. The predicted molar refractivity (Wildman–Crippen MR) is 54.7 cm³/mol. The zero-order valence-electron chi connectivity index (χ0n) is 7.78. The van der Waals surface area contributed by atoms with Crippen molar-refractivity contribution in [2.24, 2.45) is 0 Å². The molecule has 0 aliphatic carbocycles. The van der Waals surface area contributed by atoms with Crippen LogP contribution in [0.2, 0.25) is 5.02 Å². The lowest BCUT2D eigenvalue weighted by molar-refractivity contribution is 0.0665. The molecule has 1 heterocycles. The van der Waals surface area contributed by atoms with Gasteiger partial charge in [-0.2, -0.15) is 0 Å². The lowest BCUT2D eigenvalue weighted by Gasteiger charge is -2.02. The number of ether oxygens (including phenoxy) is 1. The fraction of sp³-hybridized carbons (Fsp3) is 0.100. The lowest BCUT2D eigenvalue weighted by atomic mass is 10.2. The normalized spacial score (nSPS) is 10.5. The SMILES string of the molecule is COc1c(Cl)ccc2oc(C(=O)O)cc12. The summed E-state index contributed by atoms with van der Waals surface area (Å²) in [4.78, 5) is 10.7. The van der Waals surface area contributed by atoms with E-state index in [0.717, 1.165) is 0 Å². The molecule has 2 aromatic rings. The Morgan fingerprint density at radius 2 is 2.27 bits per heavy atom. The highest BCUT2D eigenvalue weighted by Crippen LogP contribution is 2.34. The topological polar surface area (TPSA) is 59.7 Å². The highest BCUT2D eigenvalue weighted by Gasteiger charge is 2.15. The van der Waals surface area contributed by atoms with E-state index in [0.29, 0.717) is 21.7 Å². The van der Waals surface area contributed by atoms with E-state index in [-0.39, 0.29) is 5.76 Å². The second-order valence-electron chi connectivity index (χ2n) is 2.91. The van der Waals surface area contributed by atoms with Crippen molar-refractivity contribution in [2.75, 3.05) is 7.11 Å². The fourth-order valence-corrected chi connectivity index (χ4v) is 1.61. The number of fused-ring (bicyclic) bond motifs is 1. The second kappa shape index (κ2) is 3.47. The highest BCUT2D eigenvalue weighted by atomic mass is 35.5. The number of rotatable bonds is 2. The number of halogens is 1. The molecular weight excluding hydrogens is 220 g/mol. The molecule has 1 N–H and O–H groups in total. The van der Waals surface area contributed by atoms with Crippen LogP contribution < -0.4 is 4.74 Å². The maximum absolute atomic E-state index is 10.7. The van der Waals surface area contributed by atoms with Gasteiger partial charge in [0, 0.05) is 6.07 Å². The smallest absolute Gasteiger partial charge is 0.371 e. The van der Waals surface area contributed by atoms with Crippen LogP contribution >= 0.6 is 11.6 Å². The molecule has 0 saturated heterocycles. The number of carbonyl (C=O) groups is 1. The molecule has 15 heavy (non-hydrogen) atoms. The van der Waals surface area contributed by atoms with Crippen LogP contribution in [0.5, 0.6) is 5.75 Å². The van der Waals surface area contributed by atoms with Crippen LogP contribution in [0.25, 0.3) is 11.0 Å². The van der Waals surface area contributed by atoms with Crippen LogP contribution in [0.3, 0.4) is 0 Å². The third-order valence-electron chi connectivity index (χ3n) is 2.02. The molecule has 78 valence electrons. The molecule has 0 unspecified atom stereocenters. The van der Waals surface area contributed by atoms with Crippen LogP contribution in [0, 0.1) is 0 Å². The number of hydrogen-bond donors (Lipinski definition) is 1. The van der Waals surface area contributed by atoms with E-state index in [4.69, 9.17) is 25.9 Å². The van der Waals surface area contributed by atoms with Gasteiger partial charge in [0.1, 0.15) is 11.3 Å². The van der Waals surface area contributed by atoms with Crippen molar-refractivity contribution in [3.63, 3.8) is 0 Å². The first kappa shape index (κ1) is 9.86. The standard InChI is InChI=1S/C10H7ClO4/c1-14-9-5-4-8(10(12)13)15-7(5)3-2-6(9)11/h2-4H,1H3,(H,12,13). The van der Waals surface area contributed by atoms with Gasteiger partial charge in [-0.1, -0.05) is 11.6 Å². The van der Waals surface area contributed by atoms with Gasteiger partial charge in [-0.3, -0.25) is 0 Å². The van der Waals surface area contributed by atoms with Crippen molar-refractivity contribution >= 4 is 28.5 Å². The second-order valence-corrected chi connectivity index (χ2v) is 3.32. The zero-order chi connectivity index (χ0) is 11.0. The Labute approximate surface area is 90.0 Å². The summed E-state index contributed by atoms with van der Waals surface area (Å²) in [5, 5.41) is 9.73. The van der Waals surface area contributed by atoms with E-state index in [9.17, 15) is 4.79 Å². The van der Waals surface area contributed by atoms with Gasteiger partial charge in [0.2, 0.25) is 5.76 Å². The maximum Gasteiger partial charge on any atom is 0.371 e. The van der Waals surface area contributed by atoms with Crippen LogP contribution in [0.15, 0.2) is 22.6 Å². The Morgan fingerprint density at radius 1 is 1.53 bits per heavy atom. The van der Waals surface area contributed by atoms with Gasteiger partial charge in [-0.15, -0.1) is 0 Å². The summed E-state index contributed by atoms with van der Waals surface area (Å²) in [5.74, 6) is -0.833. The minimum atomic E-state index is -1.12. The minimum Gasteiger partial charge on any atom is -0.494 e. The van der Waals surface area contributed by atoms with Crippen molar-refractivity contribution in [1.29, 1.82) is 0 Å². The molecule has 1 aromatic heterocycles. The summed E-state index contributed by atoms with van der Waals surface area (Å²) in [5.41, 5.74) is 0.439. The average Bonchev–Trinajstić information content (AvgIpc) is 2.61. The Balaban J connectivity index is 2.75. The van der Waals surface area contributed by atoms with E-state index in [1.165, 1.54) is 13.2 Å². The molecule has 0 amide bonds. The molecule has 5 heteroatoms. The van der Waals surface area contributed by atoms with Crippen molar-refractivity contribution in [3.8, 4) is 5.75 Å². The summed E-state index contributed by atoms with van der Waals surface area (Å²) in [7, 11) is 1.47. The molecule has 4 nitrogen and oxygen atoms in total. The first-order chi connectivity index (χ1) is 7.13. The van der Waals surface area contributed by atoms with Gasteiger partial charge in [0.15, 0.2) is 0 Å². The van der Waals surface area contributed by atoms with Crippen LogP contribution in [-0.4, -0.2) is 18.2 Å². The summed E-state index contributed by atoms with van der Waals surface area (Å²) in [6.45, 7) is 0. The number of methoxy groups -OCH3 is 1. The number of aromatic carboxylic acids is 1. The molecule has 2 rings (SSSR count). The first-order valence-corrected chi connectivity index (χ1v) is 4.50. The Kier molecular flexibility index (Phi) is 2.28. The zero-order valence-corrected chi connectivity index (χ0v) is 8.54.